The summed E-state index contributed by atoms with van der Waals surface area (Å²) in [5.41, 5.74) is -0.821. The topological polar surface area (TPSA) is 66.4 Å². The van der Waals surface area contributed by atoms with Crippen LogP contribution in [0.3, 0.4) is 0 Å². The molecule has 1 atom stereocenters. The Morgan fingerprint density at radius 1 is 1.35 bits per heavy atom. The highest BCUT2D eigenvalue weighted by Crippen LogP contribution is 2.29. The van der Waals surface area contributed by atoms with Gasteiger partial charge in [-0.1, -0.05) is 18.2 Å². The first kappa shape index (κ1) is 16.9. The van der Waals surface area contributed by atoms with Crippen LogP contribution in [0.5, 0.6) is 0 Å². The summed E-state index contributed by atoms with van der Waals surface area (Å²) >= 11 is 0. The van der Waals surface area contributed by atoms with Crippen molar-refractivity contribution in [2.24, 2.45) is 0 Å². The summed E-state index contributed by atoms with van der Waals surface area (Å²) in [5, 5.41) is 9.01. The maximum atomic E-state index is 12.5. The quantitative estimate of drug-likeness (QED) is 0.843. The van der Waals surface area contributed by atoms with Gasteiger partial charge in [0.25, 0.3) is 0 Å². The lowest BCUT2D eigenvalue weighted by molar-refractivity contribution is -0.137. The van der Waals surface area contributed by atoms with Crippen molar-refractivity contribution in [3.63, 3.8) is 0 Å². The number of sulfonamides is 1. The molecule has 0 spiro atoms. The molecule has 2 N–H and O–H groups in total. The average molecular weight is 311 g/mol. The van der Waals surface area contributed by atoms with Gasteiger partial charge in [-0.25, -0.2) is 13.1 Å². The number of aliphatic hydroxyl groups is 1. The Morgan fingerprint density at radius 3 is 2.55 bits per heavy atom. The number of benzene rings is 1. The summed E-state index contributed by atoms with van der Waals surface area (Å²) in [6.45, 7) is 1.56. The SMILES string of the molecule is CC(O)CCNS(=O)(=O)Cc1cccc(C(F)(F)F)c1. The van der Waals surface area contributed by atoms with Gasteiger partial charge < -0.3 is 5.11 Å². The molecule has 0 amide bonds. The predicted octanol–water partition coefficient (Wildman–Crippen LogP) is 1.90. The van der Waals surface area contributed by atoms with Crippen LogP contribution >= 0.6 is 0 Å². The lowest BCUT2D eigenvalue weighted by Gasteiger charge is -2.10. The Hall–Kier alpha value is -1.12. The molecule has 0 aliphatic heterocycles. The van der Waals surface area contributed by atoms with Gasteiger partial charge >= 0.3 is 6.18 Å². The fourth-order valence-corrected chi connectivity index (χ4v) is 2.68. The third-order valence-electron chi connectivity index (χ3n) is 2.50. The maximum absolute atomic E-state index is 12.5. The monoisotopic (exact) mass is 311 g/mol. The van der Waals surface area contributed by atoms with Gasteiger partial charge in [-0.05, 0) is 25.0 Å². The van der Waals surface area contributed by atoms with Gasteiger partial charge in [-0.3, -0.25) is 0 Å². The highest BCUT2D eigenvalue weighted by molar-refractivity contribution is 7.88. The molecule has 1 aromatic rings. The molecule has 0 saturated carbocycles. The van der Waals surface area contributed by atoms with E-state index in [1.54, 1.807) is 0 Å². The Morgan fingerprint density at radius 2 is 2.00 bits per heavy atom. The number of nitrogens with one attached hydrogen (secondary N) is 1. The van der Waals surface area contributed by atoms with Crippen molar-refractivity contribution in [2.75, 3.05) is 6.54 Å². The zero-order valence-electron chi connectivity index (χ0n) is 10.8. The molecular formula is C12H16F3NO3S. The third kappa shape index (κ3) is 5.89. The Kier molecular flexibility index (Phi) is 5.55. The van der Waals surface area contributed by atoms with E-state index in [2.05, 4.69) is 4.72 Å². The lowest BCUT2D eigenvalue weighted by Crippen LogP contribution is -2.28. The van der Waals surface area contributed by atoms with Crippen LogP contribution in [-0.2, 0) is 22.0 Å². The minimum atomic E-state index is -4.50. The van der Waals surface area contributed by atoms with Crippen LogP contribution < -0.4 is 4.72 Å². The summed E-state index contributed by atoms with van der Waals surface area (Å²) in [6.07, 6.45) is -4.91. The lowest BCUT2D eigenvalue weighted by atomic mass is 10.1. The van der Waals surface area contributed by atoms with Crippen LogP contribution in [0.15, 0.2) is 24.3 Å². The molecule has 0 aromatic heterocycles. The molecule has 0 bridgehead atoms. The fraction of sp³-hybridized carbons (Fsp3) is 0.500. The number of alkyl halides is 3. The minimum Gasteiger partial charge on any atom is -0.393 e. The standard InChI is InChI=1S/C12H16F3NO3S/c1-9(17)5-6-16-20(18,19)8-10-3-2-4-11(7-10)12(13,14)15/h2-4,7,9,16-17H,5-6,8H2,1H3. The number of aliphatic hydroxyl groups excluding tert-OH is 1. The van der Waals surface area contributed by atoms with Gasteiger partial charge in [0.1, 0.15) is 0 Å². The van der Waals surface area contributed by atoms with Crippen molar-refractivity contribution in [2.45, 2.75) is 31.4 Å². The van der Waals surface area contributed by atoms with Gasteiger partial charge in [-0.15, -0.1) is 0 Å². The molecule has 1 aromatic carbocycles. The van der Waals surface area contributed by atoms with Gasteiger partial charge in [0.05, 0.1) is 17.4 Å². The van der Waals surface area contributed by atoms with E-state index in [4.69, 9.17) is 5.11 Å². The zero-order chi connectivity index (χ0) is 15.4. The van der Waals surface area contributed by atoms with E-state index in [-0.39, 0.29) is 18.5 Å². The third-order valence-corrected chi connectivity index (χ3v) is 3.85. The molecule has 4 nitrogen and oxygen atoms in total. The molecule has 0 aliphatic carbocycles. The molecule has 0 aliphatic rings. The van der Waals surface area contributed by atoms with E-state index < -0.39 is 33.6 Å². The molecule has 20 heavy (non-hydrogen) atoms. The van der Waals surface area contributed by atoms with Gasteiger partial charge in [0.2, 0.25) is 10.0 Å². The smallest absolute Gasteiger partial charge is 0.393 e. The summed E-state index contributed by atoms with van der Waals surface area (Å²) < 4.78 is 63.1. The first-order valence-corrected chi connectivity index (χ1v) is 7.57. The van der Waals surface area contributed by atoms with Crippen LogP contribution in [0.25, 0.3) is 0 Å². The summed E-state index contributed by atoms with van der Waals surface area (Å²) in [4.78, 5) is 0. The molecule has 114 valence electrons. The molecule has 0 heterocycles. The largest absolute Gasteiger partial charge is 0.416 e. The first-order valence-electron chi connectivity index (χ1n) is 5.92. The molecule has 1 unspecified atom stereocenters. The van der Waals surface area contributed by atoms with E-state index in [9.17, 15) is 21.6 Å². The fourth-order valence-electron chi connectivity index (χ4n) is 1.53. The normalized spacial score (nSPS) is 14.2. The highest BCUT2D eigenvalue weighted by atomic mass is 32.2. The molecule has 0 radical (unpaired) electrons. The number of hydrogen-bond donors (Lipinski definition) is 2. The van der Waals surface area contributed by atoms with E-state index in [0.29, 0.717) is 0 Å². The molecule has 0 saturated heterocycles. The van der Waals surface area contributed by atoms with E-state index in [1.165, 1.54) is 19.1 Å². The summed E-state index contributed by atoms with van der Waals surface area (Å²) in [5.74, 6) is -0.531. The minimum absolute atomic E-state index is 0.0406. The van der Waals surface area contributed by atoms with Crippen molar-refractivity contribution >= 4 is 10.0 Å². The van der Waals surface area contributed by atoms with E-state index >= 15 is 0 Å². The molecular weight excluding hydrogens is 295 g/mol. The van der Waals surface area contributed by atoms with Gasteiger partial charge in [0, 0.05) is 6.54 Å². The predicted molar refractivity (Wildman–Crippen MR) is 68.4 cm³/mol. The van der Waals surface area contributed by atoms with Crippen LogP contribution in [0.2, 0.25) is 0 Å². The van der Waals surface area contributed by atoms with Crippen molar-refractivity contribution < 1.29 is 26.7 Å². The van der Waals surface area contributed by atoms with Crippen molar-refractivity contribution in [3.05, 3.63) is 35.4 Å². The highest BCUT2D eigenvalue weighted by Gasteiger charge is 2.30. The van der Waals surface area contributed by atoms with Crippen LogP contribution in [0, 0.1) is 0 Å². The van der Waals surface area contributed by atoms with Crippen LogP contribution in [0.1, 0.15) is 24.5 Å². The van der Waals surface area contributed by atoms with Crippen LogP contribution in [-0.4, -0.2) is 26.2 Å². The second-order valence-corrected chi connectivity index (χ2v) is 6.30. The van der Waals surface area contributed by atoms with Crippen molar-refractivity contribution in [1.29, 1.82) is 0 Å². The second-order valence-electron chi connectivity index (χ2n) is 4.49. The zero-order valence-corrected chi connectivity index (χ0v) is 11.6. The van der Waals surface area contributed by atoms with Gasteiger partial charge in [-0.2, -0.15) is 13.2 Å². The Labute approximate surface area is 115 Å². The second kappa shape index (κ2) is 6.55. The van der Waals surface area contributed by atoms with Crippen LogP contribution in [0.4, 0.5) is 13.2 Å². The maximum Gasteiger partial charge on any atom is 0.416 e. The van der Waals surface area contributed by atoms with Crippen molar-refractivity contribution in [1.82, 2.24) is 4.72 Å². The Bertz CT molecular complexity index is 541. The molecule has 1 rings (SSSR count). The van der Waals surface area contributed by atoms with Gasteiger partial charge in [0.15, 0.2) is 0 Å². The average Bonchev–Trinajstić information content (AvgIpc) is 2.26. The number of hydrogen-bond acceptors (Lipinski definition) is 3. The molecule has 0 fully saturated rings. The first-order chi connectivity index (χ1) is 9.10. The molecule has 8 heteroatoms. The van der Waals surface area contributed by atoms with E-state index in [1.807, 2.05) is 0 Å². The van der Waals surface area contributed by atoms with E-state index in [0.717, 1.165) is 12.1 Å². The summed E-state index contributed by atoms with van der Waals surface area (Å²) in [7, 11) is -3.72. The number of rotatable bonds is 6. The Balaban J connectivity index is 2.73. The number of halogens is 3. The van der Waals surface area contributed by atoms with Crippen molar-refractivity contribution in [3.8, 4) is 0 Å². The summed E-state index contributed by atoms with van der Waals surface area (Å²) in [6, 6.07) is 4.19.